The topological polar surface area (TPSA) is 78.3 Å². The predicted molar refractivity (Wildman–Crippen MR) is 91.5 cm³/mol. The molecule has 0 aromatic heterocycles. The van der Waals surface area contributed by atoms with E-state index >= 15 is 0 Å². The smallest absolute Gasteiger partial charge is 0.338 e. The quantitative estimate of drug-likeness (QED) is 0.719. The highest BCUT2D eigenvalue weighted by Crippen LogP contribution is 2.41. The third-order valence-corrected chi connectivity index (χ3v) is 4.55. The zero-order chi connectivity index (χ0) is 16.8. The van der Waals surface area contributed by atoms with Crippen LogP contribution in [0.5, 0.6) is 0 Å². The fourth-order valence-corrected chi connectivity index (χ4v) is 3.67. The molecule has 1 rings (SSSR count). The molecule has 0 saturated heterocycles. The van der Waals surface area contributed by atoms with E-state index < -0.39 is 0 Å². The molecule has 0 amide bonds. The Morgan fingerprint density at radius 3 is 2.23 bits per heavy atom. The van der Waals surface area contributed by atoms with Crippen molar-refractivity contribution in [2.75, 3.05) is 19.7 Å². The van der Waals surface area contributed by atoms with Crippen LogP contribution in [0.1, 0.15) is 54.6 Å². The minimum absolute atomic E-state index is 0.141. The molecule has 22 heavy (non-hydrogen) atoms. The number of hydrogen-bond acceptors (Lipinski definition) is 4. The second-order valence-electron chi connectivity index (χ2n) is 5.58. The van der Waals surface area contributed by atoms with Crippen molar-refractivity contribution in [1.29, 1.82) is 0 Å². The third kappa shape index (κ3) is 4.00. The van der Waals surface area contributed by atoms with Crippen LogP contribution in [0.2, 0.25) is 5.02 Å². The van der Waals surface area contributed by atoms with Crippen molar-refractivity contribution in [2.45, 2.75) is 45.4 Å². The Morgan fingerprint density at radius 1 is 1.23 bits per heavy atom. The lowest BCUT2D eigenvalue weighted by Crippen LogP contribution is -2.32. The first-order valence-corrected chi connectivity index (χ1v) is 8.21. The number of ether oxygens (including phenoxy) is 1. The number of hydrogen-bond donors (Lipinski definition) is 2. The lowest BCUT2D eigenvalue weighted by Gasteiger charge is -2.35. The van der Waals surface area contributed by atoms with Crippen LogP contribution < -0.4 is 11.5 Å². The van der Waals surface area contributed by atoms with Gasteiger partial charge in [0.05, 0.1) is 12.2 Å². The summed E-state index contributed by atoms with van der Waals surface area (Å²) in [6, 6.07) is 3.54. The van der Waals surface area contributed by atoms with Crippen LogP contribution in [0.3, 0.4) is 0 Å². The average molecular weight is 327 g/mol. The van der Waals surface area contributed by atoms with Crippen molar-refractivity contribution in [3.8, 4) is 0 Å². The molecule has 0 bridgehead atoms. The van der Waals surface area contributed by atoms with Crippen LogP contribution in [0.15, 0.2) is 12.1 Å². The van der Waals surface area contributed by atoms with Crippen LogP contribution in [0.25, 0.3) is 0 Å². The Morgan fingerprint density at radius 2 is 1.82 bits per heavy atom. The Labute approximate surface area is 138 Å². The molecule has 1 aromatic carbocycles. The maximum absolute atomic E-state index is 11.9. The van der Waals surface area contributed by atoms with E-state index in [4.69, 9.17) is 27.8 Å². The summed E-state index contributed by atoms with van der Waals surface area (Å²) in [6.07, 6.45) is 2.54. The molecule has 0 aliphatic carbocycles. The van der Waals surface area contributed by atoms with Crippen LogP contribution in [-0.2, 0) is 10.2 Å². The summed E-state index contributed by atoms with van der Waals surface area (Å²) in [5.41, 5.74) is 14.0. The van der Waals surface area contributed by atoms with E-state index in [1.54, 1.807) is 13.0 Å². The molecule has 0 aliphatic rings. The van der Waals surface area contributed by atoms with E-state index in [2.05, 4.69) is 6.92 Å². The summed E-state index contributed by atoms with van der Waals surface area (Å²) < 4.78 is 5.05. The summed E-state index contributed by atoms with van der Waals surface area (Å²) >= 11 is 6.52. The molecule has 1 aromatic rings. The number of halogens is 1. The van der Waals surface area contributed by atoms with Gasteiger partial charge in [0, 0.05) is 5.02 Å². The second-order valence-corrected chi connectivity index (χ2v) is 5.99. The van der Waals surface area contributed by atoms with Crippen molar-refractivity contribution in [3.63, 3.8) is 0 Å². The largest absolute Gasteiger partial charge is 0.462 e. The number of esters is 1. The predicted octanol–water partition coefficient (Wildman–Crippen LogP) is 3.17. The Balaban J connectivity index is 3.36. The first-order chi connectivity index (χ1) is 10.5. The molecule has 0 fully saturated rings. The number of nitrogens with two attached hydrogens (primary N) is 2. The van der Waals surface area contributed by atoms with E-state index in [9.17, 15) is 4.79 Å². The van der Waals surface area contributed by atoms with Crippen LogP contribution in [0, 0.1) is 6.92 Å². The molecule has 0 spiro atoms. The lowest BCUT2D eigenvalue weighted by molar-refractivity contribution is 0.0526. The van der Waals surface area contributed by atoms with E-state index in [1.807, 2.05) is 13.0 Å². The molecule has 5 heteroatoms. The number of carbonyl (C=O) groups is 1. The second kappa shape index (κ2) is 8.51. The molecule has 0 saturated carbocycles. The molecule has 4 nitrogen and oxygen atoms in total. The monoisotopic (exact) mass is 326 g/mol. The van der Waals surface area contributed by atoms with Gasteiger partial charge in [-0.1, -0.05) is 18.5 Å². The van der Waals surface area contributed by atoms with Gasteiger partial charge >= 0.3 is 5.97 Å². The minimum atomic E-state index is -0.348. The molecule has 0 radical (unpaired) electrons. The van der Waals surface area contributed by atoms with Gasteiger partial charge in [0.25, 0.3) is 0 Å². The average Bonchev–Trinajstić information content (AvgIpc) is 2.46. The lowest BCUT2D eigenvalue weighted by atomic mass is 9.71. The van der Waals surface area contributed by atoms with Crippen LogP contribution in [0.4, 0.5) is 0 Å². The molecule has 4 N–H and O–H groups in total. The van der Waals surface area contributed by atoms with Gasteiger partial charge in [-0.3, -0.25) is 0 Å². The number of benzene rings is 1. The molecule has 124 valence electrons. The van der Waals surface area contributed by atoms with Gasteiger partial charge in [0.15, 0.2) is 0 Å². The SMILES string of the molecule is CCOC(=O)c1cc(C)c(C(CC)(CCN)CCN)c(Cl)c1. The van der Waals surface area contributed by atoms with Gasteiger partial charge in [-0.05, 0) is 74.9 Å². The van der Waals surface area contributed by atoms with Crippen molar-refractivity contribution in [2.24, 2.45) is 11.5 Å². The van der Waals surface area contributed by atoms with E-state index in [1.165, 1.54) is 0 Å². The fraction of sp³-hybridized carbons (Fsp3) is 0.588. The first-order valence-electron chi connectivity index (χ1n) is 7.83. The molecule has 0 aliphatic heterocycles. The zero-order valence-electron chi connectivity index (χ0n) is 13.7. The standard InChI is InChI=1S/C17H27ClN2O2/c1-4-17(6-8-19,7-9-20)15-12(3)10-13(11-14(15)18)16(21)22-5-2/h10-11H,4-9,19-20H2,1-3H3. The highest BCUT2D eigenvalue weighted by atomic mass is 35.5. The van der Waals surface area contributed by atoms with Gasteiger partial charge in [0.2, 0.25) is 0 Å². The highest BCUT2D eigenvalue weighted by molar-refractivity contribution is 6.32. The zero-order valence-corrected chi connectivity index (χ0v) is 14.5. The number of aryl methyl sites for hydroxylation is 1. The molecule has 0 heterocycles. The first kappa shape index (κ1) is 18.9. The Kier molecular flexibility index (Phi) is 7.33. The Bertz CT molecular complexity index is 488. The number of carbonyl (C=O) groups excluding carboxylic acids is 1. The summed E-state index contributed by atoms with van der Waals surface area (Å²) in [5, 5.41) is 0.590. The van der Waals surface area contributed by atoms with E-state index in [-0.39, 0.29) is 11.4 Å². The maximum atomic E-state index is 11.9. The summed E-state index contributed by atoms with van der Waals surface area (Å²) in [5.74, 6) is -0.348. The molecular formula is C17H27ClN2O2. The van der Waals surface area contributed by atoms with Gasteiger partial charge < -0.3 is 16.2 Å². The minimum Gasteiger partial charge on any atom is -0.462 e. The van der Waals surface area contributed by atoms with Crippen molar-refractivity contribution >= 4 is 17.6 Å². The van der Waals surface area contributed by atoms with Crippen LogP contribution >= 0.6 is 11.6 Å². The van der Waals surface area contributed by atoms with Gasteiger partial charge in [-0.2, -0.15) is 0 Å². The van der Waals surface area contributed by atoms with Crippen molar-refractivity contribution < 1.29 is 9.53 Å². The number of rotatable bonds is 8. The normalized spacial score (nSPS) is 11.5. The van der Waals surface area contributed by atoms with E-state index in [0.29, 0.717) is 30.3 Å². The van der Waals surface area contributed by atoms with Crippen molar-refractivity contribution in [1.82, 2.24) is 0 Å². The van der Waals surface area contributed by atoms with E-state index in [0.717, 1.165) is 30.4 Å². The van der Waals surface area contributed by atoms with Gasteiger partial charge in [-0.15, -0.1) is 0 Å². The molecule has 0 unspecified atom stereocenters. The summed E-state index contributed by atoms with van der Waals surface area (Å²) in [4.78, 5) is 11.9. The molecular weight excluding hydrogens is 300 g/mol. The summed E-state index contributed by atoms with van der Waals surface area (Å²) in [7, 11) is 0. The third-order valence-electron chi connectivity index (χ3n) is 4.25. The highest BCUT2D eigenvalue weighted by Gasteiger charge is 2.33. The molecule has 0 atom stereocenters. The summed E-state index contributed by atoms with van der Waals surface area (Å²) in [6.45, 7) is 7.37. The van der Waals surface area contributed by atoms with Gasteiger partial charge in [-0.25, -0.2) is 4.79 Å². The van der Waals surface area contributed by atoms with Crippen molar-refractivity contribution in [3.05, 3.63) is 33.8 Å². The van der Waals surface area contributed by atoms with Crippen LogP contribution in [-0.4, -0.2) is 25.7 Å². The van der Waals surface area contributed by atoms with Gasteiger partial charge in [0.1, 0.15) is 0 Å². The Hall–Kier alpha value is -1.10. The fourth-order valence-electron chi connectivity index (χ4n) is 3.21. The maximum Gasteiger partial charge on any atom is 0.338 e.